The molecule has 2 N–H and O–H groups in total. The van der Waals surface area contributed by atoms with Crippen LogP contribution in [0.2, 0.25) is 0 Å². The Bertz CT molecular complexity index is 1100. The van der Waals surface area contributed by atoms with E-state index >= 15 is 0 Å². The quantitative estimate of drug-likeness (QED) is 0.341. The Morgan fingerprint density at radius 2 is 1.57 bits per heavy atom. The smallest absolute Gasteiger partial charge is 0.140 e. The predicted molar refractivity (Wildman–Crippen MR) is 142 cm³/mol. The normalized spacial score (nSPS) is 18.2. The largest absolute Gasteiger partial charge is 0.508 e. The number of hydrogen-bond donors (Lipinski definition) is 2. The van der Waals surface area contributed by atoms with Crippen molar-refractivity contribution in [2.24, 2.45) is 5.92 Å². The predicted octanol–water partition coefficient (Wildman–Crippen LogP) is 6.81. The summed E-state index contributed by atoms with van der Waals surface area (Å²) in [6.07, 6.45) is -0.226. The minimum absolute atomic E-state index is 0.0363. The Kier molecular flexibility index (Phi) is 8.14. The van der Waals surface area contributed by atoms with E-state index in [9.17, 15) is 10.2 Å². The van der Waals surface area contributed by atoms with E-state index in [2.05, 4.69) is 44.7 Å². The molecular weight excluding hydrogens is 458 g/mol. The van der Waals surface area contributed by atoms with Crippen LogP contribution in [0.3, 0.4) is 0 Å². The van der Waals surface area contributed by atoms with Gasteiger partial charge in [-0.05, 0) is 73.0 Å². The molecule has 186 valence electrons. The van der Waals surface area contributed by atoms with Crippen molar-refractivity contribution in [3.8, 4) is 23.0 Å². The summed E-state index contributed by atoms with van der Waals surface area (Å²) >= 11 is 1.66. The van der Waals surface area contributed by atoms with Gasteiger partial charge < -0.3 is 19.7 Å². The van der Waals surface area contributed by atoms with Gasteiger partial charge in [0.15, 0.2) is 0 Å². The Labute approximate surface area is 212 Å². The van der Waals surface area contributed by atoms with Gasteiger partial charge in [0.25, 0.3) is 0 Å². The lowest BCUT2D eigenvalue weighted by atomic mass is 10.00. The van der Waals surface area contributed by atoms with Gasteiger partial charge in [-0.15, -0.1) is 11.8 Å². The number of phenols is 2. The number of fused-ring (bicyclic) bond motifs is 1. The highest BCUT2D eigenvalue weighted by atomic mass is 32.2. The summed E-state index contributed by atoms with van der Waals surface area (Å²) in [4.78, 5) is 3.35. The molecule has 1 heterocycles. The third-order valence-electron chi connectivity index (χ3n) is 6.26. The zero-order valence-electron chi connectivity index (χ0n) is 20.8. The number of nitrogens with zero attached hydrogens (tertiary/aromatic N) is 1. The minimum atomic E-state index is -0.226. The van der Waals surface area contributed by atoms with Crippen molar-refractivity contribution in [2.45, 2.75) is 50.0 Å². The van der Waals surface area contributed by atoms with Gasteiger partial charge >= 0.3 is 0 Å². The first-order valence-corrected chi connectivity index (χ1v) is 13.1. The summed E-state index contributed by atoms with van der Waals surface area (Å²) in [5.41, 5.74) is 2.09. The SMILES string of the molecule is CCN(CC(C)C)[C@@H](C)COc1ccc([C@@H]2Oc3ccc(O)cc3S[C@@H]2c2ccc(O)cc2)cc1. The average Bonchev–Trinajstić information content (AvgIpc) is 2.85. The first-order valence-electron chi connectivity index (χ1n) is 12.3. The molecule has 1 aliphatic rings. The molecule has 0 spiro atoms. The molecule has 0 fully saturated rings. The number of likely N-dealkylation sites (N-methyl/N-ethyl adjacent to an activating group) is 1. The molecule has 0 bridgehead atoms. The second kappa shape index (κ2) is 11.3. The molecule has 6 heteroatoms. The minimum Gasteiger partial charge on any atom is -0.508 e. The molecule has 1 aliphatic heterocycles. The highest BCUT2D eigenvalue weighted by Crippen LogP contribution is 2.54. The number of benzene rings is 3. The van der Waals surface area contributed by atoms with Crippen molar-refractivity contribution >= 4 is 11.8 Å². The lowest BCUT2D eigenvalue weighted by Crippen LogP contribution is -2.39. The van der Waals surface area contributed by atoms with E-state index in [1.165, 1.54) is 0 Å². The van der Waals surface area contributed by atoms with Gasteiger partial charge in [0.1, 0.15) is 35.7 Å². The lowest BCUT2D eigenvalue weighted by Gasteiger charge is -2.34. The summed E-state index contributed by atoms with van der Waals surface area (Å²) < 4.78 is 12.6. The highest BCUT2D eigenvalue weighted by Gasteiger charge is 2.33. The van der Waals surface area contributed by atoms with Crippen LogP contribution >= 0.6 is 11.8 Å². The molecular formula is C29H35NO4S. The first kappa shape index (κ1) is 25.3. The molecule has 0 saturated carbocycles. The van der Waals surface area contributed by atoms with Gasteiger partial charge in [0.05, 0.1) is 10.1 Å². The first-order chi connectivity index (χ1) is 16.8. The van der Waals surface area contributed by atoms with Crippen molar-refractivity contribution in [3.05, 3.63) is 77.9 Å². The van der Waals surface area contributed by atoms with Crippen LogP contribution in [-0.4, -0.2) is 40.9 Å². The monoisotopic (exact) mass is 493 g/mol. The fraction of sp³-hybridized carbons (Fsp3) is 0.379. The van der Waals surface area contributed by atoms with Gasteiger partial charge in [-0.25, -0.2) is 0 Å². The third kappa shape index (κ3) is 6.24. The zero-order valence-corrected chi connectivity index (χ0v) is 21.7. The Morgan fingerprint density at radius 1 is 0.914 bits per heavy atom. The molecule has 3 aromatic rings. The van der Waals surface area contributed by atoms with Crippen LogP contribution < -0.4 is 9.47 Å². The molecule has 0 aliphatic carbocycles. The Hall–Kier alpha value is -2.83. The van der Waals surface area contributed by atoms with E-state index in [4.69, 9.17) is 9.47 Å². The molecule has 0 amide bonds. The zero-order chi connectivity index (χ0) is 24.9. The van der Waals surface area contributed by atoms with E-state index in [0.29, 0.717) is 18.6 Å². The second-order valence-corrected chi connectivity index (χ2v) is 10.7. The maximum Gasteiger partial charge on any atom is 0.140 e. The topological polar surface area (TPSA) is 62.2 Å². The van der Waals surface area contributed by atoms with Crippen LogP contribution in [0.25, 0.3) is 0 Å². The second-order valence-electron chi connectivity index (χ2n) is 9.51. The lowest BCUT2D eigenvalue weighted by molar-refractivity contribution is 0.139. The molecule has 5 nitrogen and oxygen atoms in total. The van der Waals surface area contributed by atoms with Gasteiger partial charge in [-0.1, -0.05) is 45.0 Å². The van der Waals surface area contributed by atoms with Crippen LogP contribution in [0.4, 0.5) is 0 Å². The van der Waals surface area contributed by atoms with Crippen LogP contribution in [0.1, 0.15) is 50.2 Å². The summed E-state index contributed by atoms with van der Waals surface area (Å²) in [6, 6.07) is 20.9. The van der Waals surface area contributed by atoms with E-state index in [1.807, 2.05) is 30.3 Å². The molecule has 0 unspecified atom stereocenters. The average molecular weight is 494 g/mol. The van der Waals surface area contributed by atoms with Crippen molar-refractivity contribution < 1.29 is 19.7 Å². The Morgan fingerprint density at radius 3 is 2.23 bits per heavy atom. The van der Waals surface area contributed by atoms with Gasteiger partial charge in [-0.2, -0.15) is 0 Å². The molecule has 4 rings (SSSR count). The number of rotatable bonds is 9. The molecule has 0 saturated heterocycles. The summed E-state index contributed by atoms with van der Waals surface area (Å²) in [5, 5.41) is 19.7. The van der Waals surface area contributed by atoms with Gasteiger partial charge in [0, 0.05) is 12.6 Å². The molecule has 35 heavy (non-hydrogen) atoms. The molecule has 0 aromatic heterocycles. The number of hydrogen-bond acceptors (Lipinski definition) is 6. The fourth-order valence-electron chi connectivity index (χ4n) is 4.40. The van der Waals surface area contributed by atoms with Crippen molar-refractivity contribution in [2.75, 3.05) is 19.7 Å². The van der Waals surface area contributed by atoms with Crippen molar-refractivity contribution in [1.82, 2.24) is 4.90 Å². The number of ether oxygens (including phenoxy) is 2. The summed E-state index contributed by atoms with van der Waals surface area (Å²) in [7, 11) is 0. The standard InChI is InChI=1S/C29H35NO4S/c1-5-30(17-19(2)3)20(4)18-33-25-13-8-21(9-14-25)28-29(22-6-10-23(31)11-7-22)35-27-16-24(32)12-15-26(27)34-28/h6-16,19-20,28-29,31-32H,5,17-18H2,1-4H3/t20-,28-,29+/m0/s1. The number of aromatic hydroxyl groups is 2. The van der Waals surface area contributed by atoms with Crippen molar-refractivity contribution in [1.29, 1.82) is 0 Å². The Balaban J connectivity index is 1.51. The number of thioether (sulfide) groups is 1. The van der Waals surface area contributed by atoms with Gasteiger partial charge in [-0.3, -0.25) is 4.90 Å². The molecule has 3 atom stereocenters. The van der Waals surface area contributed by atoms with Crippen LogP contribution in [0.5, 0.6) is 23.0 Å². The van der Waals surface area contributed by atoms with Crippen molar-refractivity contribution in [3.63, 3.8) is 0 Å². The van der Waals surface area contributed by atoms with E-state index in [0.717, 1.165) is 40.6 Å². The van der Waals surface area contributed by atoms with E-state index in [-0.39, 0.29) is 22.9 Å². The van der Waals surface area contributed by atoms with Gasteiger partial charge in [0.2, 0.25) is 0 Å². The van der Waals surface area contributed by atoms with Crippen LogP contribution in [-0.2, 0) is 0 Å². The molecule has 3 aromatic carbocycles. The molecule has 0 radical (unpaired) electrons. The van der Waals surface area contributed by atoms with Crippen LogP contribution in [0.15, 0.2) is 71.6 Å². The fourth-order valence-corrected chi connectivity index (χ4v) is 5.72. The number of phenolic OH excluding ortho intramolecular Hbond substituents is 2. The highest BCUT2D eigenvalue weighted by molar-refractivity contribution is 7.99. The summed E-state index contributed by atoms with van der Waals surface area (Å²) in [6.45, 7) is 11.6. The third-order valence-corrected chi connectivity index (χ3v) is 7.61. The maximum atomic E-state index is 9.96. The summed E-state index contributed by atoms with van der Waals surface area (Å²) in [5.74, 6) is 2.67. The van der Waals surface area contributed by atoms with E-state index < -0.39 is 0 Å². The van der Waals surface area contributed by atoms with Crippen LogP contribution in [0, 0.1) is 5.92 Å². The maximum absolute atomic E-state index is 9.96. The van der Waals surface area contributed by atoms with E-state index in [1.54, 1.807) is 36.0 Å².